The van der Waals surface area contributed by atoms with Crippen molar-refractivity contribution in [3.63, 3.8) is 0 Å². The molecule has 1 aromatic heterocycles. The highest BCUT2D eigenvalue weighted by Gasteiger charge is 2.23. The second-order valence-corrected chi connectivity index (χ2v) is 5.75. The maximum Gasteiger partial charge on any atom is 0.161 e. The summed E-state index contributed by atoms with van der Waals surface area (Å²) in [5.74, 6) is 2.54. The predicted molar refractivity (Wildman–Crippen MR) is 87.6 cm³/mol. The number of aryl methyl sites for hydroxylation is 1. The third-order valence-corrected chi connectivity index (χ3v) is 3.89. The van der Waals surface area contributed by atoms with E-state index in [9.17, 15) is 0 Å². The lowest BCUT2D eigenvalue weighted by Crippen LogP contribution is -2.05. The van der Waals surface area contributed by atoms with Crippen LogP contribution in [0.4, 0.5) is 5.82 Å². The van der Waals surface area contributed by atoms with Crippen molar-refractivity contribution in [2.45, 2.75) is 45.4 Å². The second kappa shape index (κ2) is 6.25. The molecule has 2 aromatic rings. The van der Waals surface area contributed by atoms with Gasteiger partial charge in [0.1, 0.15) is 5.82 Å². The largest absolute Gasteiger partial charge is 0.370 e. The number of hydrogen-bond donors (Lipinski definition) is 1. The molecule has 0 spiro atoms. The maximum absolute atomic E-state index is 4.70. The van der Waals surface area contributed by atoms with Gasteiger partial charge in [-0.1, -0.05) is 32.0 Å². The molecule has 1 heterocycles. The summed E-state index contributed by atoms with van der Waals surface area (Å²) in [4.78, 5) is 9.39. The first-order valence-corrected chi connectivity index (χ1v) is 8.02. The van der Waals surface area contributed by atoms with Gasteiger partial charge in [-0.05, 0) is 43.2 Å². The van der Waals surface area contributed by atoms with E-state index in [1.807, 2.05) is 0 Å². The molecule has 1 aliphatic carbocycles. The standard InChI is InChI=1S/C18H23N3/c1-3-10-19-17-12-16(4-2)20-18(21-17)15-7-5-6-14(11-15)13-8-9-13/h5-7,11-13H,3-4,8-10H2,1-2H3,(H,19,20,21). The Labute approximate surface area is 126 Å². The third kappa shape index (κ3) is 3.41. The summed E-state index contributed by atoms with van der Waals surface area (Å²) in [7, 11) is 0. The smallest absolute Gasteiger partial charge is 0.161 e. The summed E-state index contributed by atoms with van der Waals surface area (Å²) in [5, 5.41) is 3.38. The molecule has 0 radical (unpaired) electrons. The highest BCUT2D eigenvalue weighted by molar-refractivity contribution is 5.59. The zero-order valence-corrected chi connectivity index (χ0v) is 12.9. The van der Waals surface area contributed by atoms with Crippen LogP contribution in [0.2, 0.25) is 0 Å². The van der Waals surface area contributed by atoms with Crippen molar-refractivity contribution in [1.29, 1.82) is 0 Å². The van der Waals surface area contributed by atoms with Crippen LogP contribution >= 0.6 is 0 Å². The normalized spacial score (nSPS) is 14.2. The number of aromatic nitrogens is 2. The molecule has 0 unspecified atom stereocenters. The SMILES string of the molecule is CCCNc1cc(CC)nc(-c2cccc(C3CC3)c2)n1. The molecular weight excluding hydrogens is 258 g/mol. The molecule has 0 amide bonds. The molecule has 3 nitrogen and oxygen atoms in total. The van der Waals surface area contributed by atoms with Gasteiger partial charge in [-0.2, -0.15) is 0 Å². The highest BCUT2D eigenvalue weighted by atomic mass is 15.0. The molecule has 1 fully saturated rings. The van der Waals surface area contributed by atoms with E-state index < -0.39 is 0 Å². The molecule has 1 aliphatic rings. The fourth-order valence-electron chi connectivity index (χ4n) is 2.50. The van der Waals surface area contributed by atoms with Crippen LogP contribution in [-0.2, 0) is 6.42 Å². The van der Waals surface area contributed by atoms with Gasteiger partial charge in [0.25, 0.3) is 0 Å². The number of nitrogens with one attached hydrogen (secondary N) is 1. The van der Waals surface area contributed by atoms with Crippen LogP contribution in [0, 0.1) is 0 Å². The fourth-order valence-corrected chi connectivity index (χ4v) is 2.50. The summed E-state index contributed by atoms with van der Waals surface area (Å²) in [6, 6.07) is 10.8. The van der Waals surface area contributed by atoms with Crippen molar-refractivity contribution in [3.05, 3.63) is 41.6 Å². The van der Waals surface area contributed by atoms with Gasteiger partial charge in [0.05, 0.1) is 0 Å². The molecule has 21 heavy (non-hydrogen) atoms. The first-order valence-electron chi connectivity index (χ1n) is 8.02. The van der Waals surface area contributed by atoms with Gasteiger partial charge in [-0.25, -0.2) is 9.97 Å². The van der Waals surface area contributed by atoms with E-state index >= 15 is 0 Å². The van der Waals surface area contributed by atoms with Gasteiger partial charge >= 0.3 is 0 Å². The van der Waals surface area contributed by atoms with Crippen LogP contribution in [0.25, 0.3) is 11.4 Å². The Hall–Kier alpha value is -1.90. The highest BCUT2D eigenvalue weighted by Crippen LogP contribution is 2.40. The minimum absolute atomic E-state index is 0.761. The summed E-state index contributed by atoms with van der Waals surface area (Å²) in [5.41, 5.74) is 3.66. The number of benzene rings is 1. The summed E-state index contributed by atoms with van der Waals surface area (Å²) >= 11 is 0. The Morgan fingerprint density at radius 2 is 2.00 bits per heavy atom. The van der Waals surface area contributed by atoms with Crippen molar-refractivity contribution >= 4 is 5.82 Å². The molecule has 1 N–H and O–H groups in total. The zero-order chi connectivity index (χ0) is 14.7. The molecule has 0 bridgehead atoms. The zero-order valence-electron chi connectivity index (χ0n) is 12.9. The Balaban J connectivity index is 1.94. The lowest BCUT2D eigenvalue weighted by Gasteiger charge is -2.09. The number of rotatable bonds is 6. The van der Waals surface area contributed by atoms with Gasteiger partial charge in [0, 0.05) is 23.9 Å². The first-order chi connectivity index (χ1) is 10.3. The second-order valence-electron chi connectivity index (χ2n) is 5.75. The summed E-state index contributed by atoms with van der Waals surface area (Å²) in [6.07, 6.45) is 4.67. The van der Waals surface area contributed by atoms with E-state index in [1.165, 1.54) is 18.4 Å². The van der Waals surface area contributed by atoms with E-state index in [0.717, 1.165) is 48.2 Å². The Bertz CT molecular complexity index is 618. The first kappa shape index (κ1) is 14.1. The van der Waals surface area contributed by atoms with Crippen LogP contribution in [0.1, 0.15) is 50.3 Å². The van der Waals surface area contributed by atoms with E-state index in [-0.39, 0.29) is 0 Å². The predicted octanol–water partition coefficient (Wildman–Crippen LogP) is 4.41. The van der Waals surface area contributed by atoms with Crippen molar-refractivity contribution in [2.75, 3.05) is 11.9 Å². The van der Waals surface area contributed by atoms with Crippen LogP contribution in [0.5, 0.6) is 0 Å². The van der Waals surface area contributed by atoms with Gasteiger partial charge in [-0.3, -0.25) is 0 Å². The fraction of sp³-hybridized carbons (Fsp3) is 0.444. The number of anilines is 1. The monoisotopic (exact) mass is 281 g/mol. The molecule has 110 valence electrons. The Morgan fingerprint density at radius 3 is 2.71 bits per heavy atom. The van der Waals surface area contributed by atoms with Crippen molar-refractivity contribution in [1.82, 2.24) is 9.97 Å². The lowest BCUT2D eigenvalue weighted by molar-refractivity contribution is 0.951. The van der Waals surface area contributed by atoms with E-state index in [1.54, 1.807) is 0 Å². The van der Waals surface area contributed by atoms with Crippen molar-refractivity contribution in [2.24, 2.45) is 0 Å². The van der Waals surface area contributed by atoms with Gasteiger partial charge in [-0.15, -0.1) is 0 Å². The minimum atomic E-state index is 0.761. The van der Waals surface area contributed by atoms with Crippen LogP contribution in [-0.4, -0.2) is 16.5 Å². The average molecular weight is 281 g/mol. The topological polar surface area (TPSA) is 37.8 Å². The van der Waals surface area contributed by atoms with Crippen molar-refractivity contribution < 1.29 is 0 Å². The maximum atomic E-state index is 4.70. The Morgan fingerprint density at radius 1 is 1.14 bits per heavy atom. The van der Waals surface area contributed by atoms with Crippen molar-refractivity contribution in [3.8, 4) is 11.4 Å². The minimum Gasteiger partial charge on any atom is -0.370 e. The van der Waals surface area contributed by atoms with Gasteiger partial charge < -0.3 is 5.32 Å². The quantitative estimate of drug-likeness (QED) is 0.852. The van der Waals surface area contributed by atoms with Gasteiger partial charge in [0.2, 0.25) is 0 Å². The van der Waals surface area contributed by atoms with E-state index in [0.29, 0.717) is 0 Å². The van der Waals surface area contributed by atoms with E-state index in [2.05, 4.69) is 54.5 Å². The molecule has 1 saturated carbocycles. The van der Waals surface area contributed by atoms with Gasteiger partial charge in [0.15, 0.2) is 5.82 Å². The van der Waals surface area contributed by atoms with Crippen LogP contribution in [0.15, 0.2) is 30.3 Å². The molecule has 1 aromatic carbocycles. The summed E-state index contributed by atoms with van der Waals surface area (Å²) in [6.45, 7) is 5.24. The lowest BCUT2D eigenvalue weighted by atomic mass is 10.1. The molecule has 3 heteroatoms. The molecule has 0 aliphatic heterocycles. The molecule has 0 atom stereocenters. The molecule has 3 rings (SSSR count). The molecule has 0 saturated heterocycles. The van der Waals surface area contributed by atoms with Crippen LogP contribution in [0.3, 0.4) is 0 Å². The third-order valence-electron chi connectivity index (χ3n) is 3.89. The van der Waals surface area contributed by atoms with Crippen LogP contribution < -0.4 is 5.32 Å². The summed E-state index contributed by atoms with van der Waals surface area (Å²) < 4.78 is 0. The number of hydrogen-bond acceptors (Lipinski definition) is 3. The average Bonchev–Trinajstić information content (AvgIpc) is 3.37. The molecular formula is C18H23N3. The van der Waals surface area contributed by atoms with E-state index in [4.69, 9.17) is 4.98 Å². The Kier molecular flexibility index (Phi) is 4.18. The number of nitrogens with zero attached hydrogens (tertiary/aromatic N) is 2.